The smallest absolute Gasteiger partial charge is 0.322 e. The molecule has 19 heavy (non-hydrogen) atoms. The Balaban J connectivity index is 3.00. The molecule has 0 spiro atoms. The van der Waals surface area contributed by atoms with Gasteiger partial charge in [-0.15, -0.1) is 0 Å². The van der Waals surface area contributed by atoms with E-state index in [0.717, 1.165) is 17.1 Å². The molecular weight excluding hydrogens is 268 g/mol. The number of nitrogens with zero attached hydrogens (tertiary/aromatic N) is 2. The zero-order chi connectivity index (χ0) is 14.6. The molecule has 1 aliphatic heterocycles. The van der Waals surface area contributed by atoms with Crippen molar-refractivity contribution < 1.29 is 18.3 Å². The van der Waals surface area contributed by atoms with Gasteiger partial charge in [0.2, 0.25) is 0 Å². The first-order chi connectivity index (χ1) is 8.86. The van der Waals surface area contributed by atoms with Gasteiger partial charge in [0.05, 0.1) is 0 Å². The molecule has 1 saturated heterocycles. The van der Waals surface area contributed by atoms with Crippen molar-refractivity contribution in [3.8, 4) is 0 Å². The number of rotatable bonds is 7. The molecule has 0 aliphatic carbocycles. The van der Waals surface area contributed by atoms with E-state index >= 15 is 0 Å². The maximum absolute atomic E-state index is 12.6. The molecule has 1 heterocycles. The summed E-state index contributed by atoms with van der Waals surface area (Å²) in [4.78, 5) is 11.3. The van der Waals surface area contributed by atoms with Gasteiger partial charge in [-0.3, -0.25) is 4.79 Å². The highest BCUT2D eigenvalue weighted by Crippen LogP contribution is 2.28. The molecule has 1 rings (SSSR count). The van der Waals surface area contributed by atoms with Gasteiger partial charge in [-0.25, -0.2) is 0 Å². The Morgan fingerprint density at radius 3 is 2.26 bits per heavy atom. The molecule has 1 aliphatic rings. The van der Waals surface area contributed by atoms with E-state index in [1.54, 1.807) is 6.92 Å². The molecule has 0 radical (unpaired) electrons. The van der Waals surface area contributed by atoms with Crippen LogP contribution in [-0.2, 0) is 15.0 Å². The SMILES string of the molecule is CCCN(CCC)S(=O)(=O)N1CCC(C)C1C(=O)O. The zero-order valence-electron chi connectivity index (χ0n) is 11.9. The van der Waals surface area contributed by atoms with Crippen LogP contribution in [0.4, 0.5) is 0 Å². The molecule has 0 amide bonds. The summed E-state index contributed by atoms with van der Waals surface area (Å²) in [6, 6.07) is -0.929. The summed E-state index contributed by atoms with van der Waals surface area (Å²) >= 11 is 0. The monoisotopic (exact) mass is 292 g/mol. The lowest BCUT2D eigenvalue weighted by Gasteiger charge is -2.29. The summed E-state index contributed by atoms with van der Waals surface area (Å²) < 4.78 is 27.7. The van der Waals surface area contributed by atoms with E-state index in [2.05, 4.69) is 0 Å². The minimum atomic E-state index is -3.67. The highest BCUT2D eigenvalue weighted by Gasteiger charge is 2.45. The molecular formula is C12H24N2O4S. The van der Waals surface area contributed by atoms with Crippen molar-refractivity contribution in [1.29, 1.82) is 0 Å². The van der Waals surface area contributed by atoms with Crippen LogP contribution >= 0.6 is 0 Å². The minimum Gasteiger partial charge on any atom is -0.480 e. The maximum atomic E-state index is 12.6. The van der Waals surface area contributed by atoms with Gasteiger partial charge < -0.3 is 5.11 Å². The average molecular weight is 292 g/mol. The van der Waals surface area contributed by atoms with Crippen molar-refractivity contribution in [3.63, 3.8) is 0 Å². The Bertz CT molecular complexity index is 404. The molecule has 0 bridgehead atoms. The van der Waals surface area contributed by atoms with Crippen LogP contribution in [0.2, 0.25) is 0 Å². The number of carboxylic acid groups (broad SMARTS) is 1. The summed E-state index contributed by atoms with van der Waals surface area (Å²) in [5, 5.41) is 9.23. The molecule has 112 valence electrons. The van der Waals surface area contributed by atoms with Gasteiger partial charge in [-0.2, -0.15) is 17.0 Å². The van der Waals surface area contributed by atoms with E-state index in [-0.39, 0.29) is 5.92 Å². The first-order valence-corrected chi connectivity index (χ1v) is 8.25. The van der Waals surface area contributed by atoms with E-state index in [9.17, 15) is 18.3 Å². The molecule has 0 aromatic carbocycles. The van der Waals surface area contributed by atoms with Crippen LogP contribution in [0.15, 0.2) is 0 Å². The van der Waals surface area contributed by atoms with Gasteiger partial charge in [0.1, 0.15) is 6.04 Å². The minimum absolute atomic E-state index is 0.141. The van der Waals surface area contributed by atoms with Crippen LogP contribution in [0.25, 0.3) is 0 Å². The highest BCUT2D eigenvalue weighted by atomic mass is 32.2. The van der Waals surface area contributed by atoms with Crippen molar-refractivity contribution >= 4 is 16.2 Å². The number of aliphatic carboxylic acids is 1. The Kier molecular flexibility index (Phi) is 5.76. The van der Waals surface area contributed by atoms with Crippen LogP contribution in [0.1, 0.15) is 40.0 Å². The lowest BCUT2D eigenvalue weighted by molar-refractivity contribution is -0.141. The van der Waals surface area contributed by atoms with Crippen LogP contribution in [0.5, 0.6) is 0 Å². The Labute approximate surface area is 115 Å². The molecule has 0 aromatic heterocycles. The number of carbonyl (C=O) groups is 1. The molecule has 1 fully saturated rings. The third-order valence-corrected chi connectivity index (χ3v) is 5.50. The summed E-state index contributed by atoms with van der Waals surface area (Å²) in [7, 11) is -3.67. The Hall–Kier alpha value is -0.660. The molecule has 0 saturated carbocycles. The molecule has 0 aromatic rings. The Morgan fingerprint density at radius 2 is 1.84 bits per heavy atom. The van der Waals surface area contributed by atoms with Crippen molar-refractivity contribution in [3.05, 3.63) is 0 Å². The summed E-state index contributed by atoms with van der Waals surface area (Å²) in [5.41, 5.74) is 0. The molecule has 1 N–H and O–H groups in total. The molecule has 7 heteroatoms. The first kappa shape index (κ1) is 16.4. The average Bonchev–Trinajstić information content (AvgIpc) is 2.71. The van der Waals surface area contributed by atoms with Crippen LogP contribution in [0, 0.1) is 5.92 Å². The fourth-order valence-electron chi connectivity index (χ4n) is 2.53. The Morgan fingerprint density at radius 1 is 1.32 bits per heavy atom. The topological polar surface area (TPSA) is 77.9 Å². The zero-order valence-corrected chi connectivity index (χ0v) is 12.7. The second-order valence-electron chi connectivity index (χ2n) is 5.07. The first-order valence-electron chi connectivity index (χ1n) is 6.85. The van der Waals surface area contributed by atoms with Gasteiger partial charge >= 0.3 is 5.97 Å². The predicted molar refractivity (Wildman–Crippen MR) is 73.0 cm³/mol. The summed E-state index contributed by atoms with van der Waals surface area (Å²) in [6.07, 6.45) is 2.04. The number of carboxylic acids is 1. The van der Waals surface area contributed by atoms with Gasteiger partial charge in [0.25, 0.3) is 10.2 Å². The predicted octanol–water partition coefficient (Wildman–Crippen LogP) is 1.15. The van der Waals surface area contributed by atoms with Crippen molar-refractivity contribution in [2.75, 3.05) is 19.6 Å². The second kappa shape index (κ2) is 6.67. The highest BCUT2D eigenvalue weighted by molar-refractivity contribution is 7.86. The van der Waals surface area contributed by atoms with Crippen molar-refractivity contribution in [2.45, 2.75) is 46.1 Å². The fourth-order valence-corrected chi connectivity index (χ4v) is 4.57. The number of hydrogen-bond acceptors (Lipinski definition) is 3. The normalized spacial score (nSPS) is 25.1. The van der Waals surface area contributed by atoms with E-state index in [1.165, 1.54) is 4.31 Å². The standard InChI is InChI=1S/C12H24N2O4S/c1-4-7-13(8-5-2)19(17,18)14-9-6-10(3)11(14)12(15)16/h10-11H,4-9H2,1-3H3,(H,15,16). The maximum Gasteiger partial charge on any atom is 0.322 e. The molecule has 2 unspecified atom stereocenters. The third-order valence-electron chi connectivity index (χ3n) is 3.48. The van der Waals surface area contributed by atoms with Gasteiger partial charge in [0, 0.05) is 19.6 Å². The van der Waals surface area contributed by atoms with Gasteiger partial charge in [0.15, 0.2) is 0 Å². The van der Waals surface area contributed by atoms with E-state index < -0.39 is 22.2 Å². The summed E-state index contributed by atoms with van der Waals surface area (Å²) in [6.45, 7) is 6.79. The van der Waals surface area contributed by atoms with E-state index in [4.69, 9.17) is 0 Å². The van der Waals surface area contributed by atoms with Crippen molar-refractivity contribution in [1.82, 2.24) is 8.61 Å². The van der Waals surface area contributed by atoms with Gasteiger partial charge in [-0.1, -0.05) is 20.8 Å². The summed E-state index contributed by atoms with van der Waals surface area (Å²) in [5.74, 6) is -1.20. The molecule has 6 nitrogen and oxygen atoms in total. The fraction of sp³-hybridized carbons (Fsp3) is 0.917. The van der Waals surface area contributed by atoms with Crippen LogP contribution in [-0.4, -0.2) is 53.8 Å². The third kappa shape index (κ3) is 3.46. The largest absolute Gasteiger partial charge is 0.480 e. The molecule has 2 atom stereocenters. The van der Waals surface area contributed by atoms with Crippen LogP contribution in [0.3, 0.4) is 0 Å². The second-order valence-corrected chi connectivity index (χ2v) is 6.95. The lowest BCUT2D eigenvalue weighted by atomic mass is 10.0. The van der Waals surface area contributed by atoms with Crippen molar-refractivity contribution in [2.24, 2.45) is 5.92 Å². The quantitative estimate of drug-likeness (QED) is 0.763. The van der Waals surface area contributed by atoms with E-state index in [1.807, 2.05) is 13.8 Å². The number of hydrogen-bond donors (Lipinski definition) is 1. The van der Waals surface area contributed by atoms with E-state index in [0.29, 0.717) is 26.1 Å². The lowest BCUT2D eigenvalue weighted by Crippen LogP contribution is -2.50. The van der Waals surface area contributed by atoms with Gasteiger partial charge in [-0.05, 0) is 25.2 Å². The van der Waals surface area contributed by atoms with Crippen LogP contribution < -0.4 is 0 Å².